The predicted octanol–water partition coefficient (Wildman–Crippen LogP) is 4.32. The maximum absolute atomic E-state index is 6.49. The first-order valence-electron chi connectivity index (χ1n) is 7.84. The van der Waals surface area contributed by atoms with Crippen LogP contribution < -0.4 is 5.73 Å². The molecular formula is C18H26N2. The lowest BCUT2D eigenvalue weighted by Gasteiger charge is -2.23. The molecule has 0 bridgehead atoms. The minimum Gasteiger partial charge on any atom is -0.327 e. The van der Waals surface area contributed by atoms with Crippen LogP contribution in [0, 0.1) is 5.92 Å². The summed E-state index contributed by atoms with van der Waals surface area (Å²) in [7, 11) is 0. The van der Waals surface area contributed by atoms with Gasteiger partial charge in [-0.05, 0) is 42.9 Å². The van der Waals surface area contributed by atoms with Crippen molar-refractivity contribution in [1.29, 1.82) is 0 Å². The van der Waals surface area contributed by atoms with Crippen molar-refractivity contribution >= 4 is 10.9 Å². The molecule has 0 fully saturated rings. The number of rotatable bonds is 7. The maximum atomic E-state index is 6.49. The van der Waals surface area contributed by atoms with Crippen molar-refractivity contribution in [1.82, 2.24) is 4.98 Å². The second kappa shape index (κ2) is 7.39. The van der Waals surface area contributed by atoms with Crippen molar-refractivity contribution in [2.75, 3.05) is 0 Å². The molecule has 108 valence electrons. The van der Waals surface area contributed by atoms with Gasteiger partial charge in [-0.1, -0.05) is 44.9 Å². The van der Waals surface area contributed by atoms with Crippen molar-refractivity contribution in [3.63, 3.8) is 0 Å². The van der Waals surface area contributed by atoms with Crippen LogP contribution in [0.3, 0.4) is 0 Å². The van der Waals surface area contributed by atoms with Gasteiger partial charge in [-0.3, -0.25) is 4.98 Å². The average Bonchev–Trinajstić information content (AvgIpc) is 2.47. The third kappa shape index (κ3) is 3.57. The van der Waals surface area contributed by atoms with Gasteiger partial charge in [-0.2, -0.15) is 0 Å². The first-order valence-corrected chi connectivity index (χ1v) is 7.84. The molecule has 2 N–H and O–H groups in total. The van der Waals surface area contributed by atoms with Gasteiger partial charge in [0.25, 0.3) is 0 Å². The molecule has 1 atom stereocenters. The molecule has 0 amide bonds. The normalized spacial score (nSPS) is 13.0. The first kappa shape index (κ1) is 15.0. The van der Waals surface area contributed by atoms with Gasteiger partial charge in [0.15, 0.2) is 0 Å². The molecule has 0 aliphatic rings. The summed E-state index contributed by atoms with van der Waals surface area (Å²) in [6, 6.07) is 10.7. The van der Waals surface area contributed by atoms with Gasteiger partial charge in [0.1, 0.15) is 0 Å². The van der Waals surface area contributed by atoms with Crippen molar-refractivity contribution in [3.8, 4) is 0 Å². The Labute approximate surface area is 122 Å². The molecule has 0 saturated heterocycles. The molecule has 1 unspecified atom stereocenters. The van der Waals surface area contributed by atoms with Crippen LogP contribution in [0.2, 0.25) is 0 Å². The van der Waals surface area contributed by atoms with E-state index >= 15 is 0 Å². The van der Waals surface area contributed by atoms with E-state index in [1.54, 1.807) is 0 Å². The van der Waals surface area contributed by atoms with Gasteiger partial charge in [-0.25, -0.2) is 0 Å². The van der Waals surface area contributed by atoms with E-state index in [9.17, 15) is 0 Å². The quantitative estimate of drug-likeness (QED) is 0.813. The molecule has 2 aromatic rings. The molecule has 0 saturated carbocycles. The summed E-state index contributed by atoms with van der Waals surface area (Å²) in [5.74, 6) is 0.636. The third-order valence-corrected chi connectivity index (χ3v) is 4.12. The van der Waals surface area contributed by atoms with Gasteiger partial charge in [0.2, 0.25) is 0 Å². The third-order valence-electron chi connectivity index (χ3n) is 4.12. The second-order valence-corrected chi connectivity index (χ2v) is 5.69. The van der Waals surface area contributed by atoms with Crippen molar-refractivity contribution in [2.24, 2.45) is 11.7 Å². The van der Waals surface area contributed by atoms with Crippen LogP contribution in [-0.4, -0.2) is 11.0 Å². The highest BCUT2D eigenvalue weighted by Gasteiger charge is 2.17. The lowest BCUT2D eigenvalue weighted by Crippen LogP contribution is -2.32. The lowest BCUT2D eigenvalue weighted by atomic mass is 9.87. The fourth-order valence-corrected chi connectivity index (χ4v) is 3.07. The average molecular weight is 270 g/mol. The van der Waals surface area contributed by atoms with Crippen LogP contribution >= 0.6 is 0 Å². The lowest BCUT2D eigenvalue weighted by molar-refractivity contribution is 0.360. The fraction of sp³-hybridized carbons (Fsp3) is 0.500. The zero-order chi connectivity index (χ0) is 14.4. The zero-order valence-electron chi connectivity index (χ0n) is 12.7. The highest BCUT2D eigenvalue weighted by Crippen LogP contribution is 2.23. The van der Waals surface area contributed by atoms with Crippen LogP contribution in [0.5, 0.6) is 0 Å². The Morgan fingerprint density at radius 3 is 2.45 bits per heavy atom. The smallest absolute Gasteiger partial charge is 0.0704 e. The molecule has 2 heteroatoms. The van der Waals surface area contributed by atoms with Crippen molar-refractivity contribution in [3.05, 3.63) is 42.1 Å². The largest absolute Gasteiger partial charge is 0.327 e. The Kier molecular flexibility index (Phi) is 5.54. The van der Waals surface area contributed by atoms with Crippen LogP contribution in [-0.2, 0) is 6.42 Å². The molecular weight excluding hydrogens is 244 g/mol. The number of pyridine rings is 1. The summed E-state index contributed by atoms with van der Waals surface area (Å²) in [5, 5.41) is 1.25. The van der Waals surface area contributed by atoms with Crippen LogP contribution in [0.4, 0.5) is 0 Å². The first-order chi connectivity index (χ1) is 9.76. The molecule has 2 nitrogen and oxygen atoms in total. The molecule has 1 aromatic carbocycles. The highest BCUT2D eigenvalue weighted by atomic mass is 14.7. The van der Waals surface area contributed by atoms with E-state index in [0.29, 0.717) is 5.92 Å². The number of nitrogens with two attached hydrogens (primary N) is 1. The molecule has 0 spiro atoms. The number of benzene rings is 1. The van der Waals surface area contributed by atoms with Crippen molar-refractivity contribution in [2.45, 2.75) is 52.0 Å². The molecule has 0 aliphatic carbocycles. The molecule has 2 rings (SSSR count). The Bertz CT molecular complexity index is 524. The number of para-hydroxylation sites is 1. The Morgan fingerprint density at radius 2 is 1.75 bits per heavy atom. The maximum Gasteiger partial charge on any atom is 0.0704 e. The van der Waals surface area contributed by atoms with E-state index in [1.807, 2.05) is 12.3 Å². The Balaban J connectivity index is 2.18. The van der Waals surface area contributed by atoms with E-state index in [-0.39, 0.29) is 6.04 Å². The second-order valence-electron chi connectivity index (χ2n) is 5.69. The Hall–Kier alpha value is -1.41. The molecule has 20 heavy (non-hydrogen) atoms. The van der Waals surface area contributed by atoms with Crippen LogP contribution in [0.15, 0.2) is 36.5 Å². The summed E-state index contributed by atoms with van der Waals surface area (Å²) in [6.07, 6.45) is 7.76. The fourth-order valence-electron chi connectivity index (χ4n) is 3.07. The van der Waals surface area contributed by atoms with E-state index in [2.05, 4.69) is 43.1 Å². The standard InChI is InChI=1S/C18H26N2/c1-3-7-14(8-4-2)17(19)13-15-11-12-20-18-10-6-5-9-16(15)18/h5-6,9-12,14,17H,3-4,7-8,13,19H2,1-2H3. The summed E-state index contributed by atoms with van der Waals surface area (Å²) < 4.78 is 0. The SMILES string of the molecule is CCCC(CCC)C(N)Cc1ccnc2ccccc12. The molecule has 1 heterocycles. The predicted molar refractivity (Wildman–Crippen MR) is 86.7 cm³/mol. The molecule has 1 aromatic heterocycles. The number of aromatic nitrogens is 1. The molecule has 0 radical (unpaired) electrons. The van der Waals surface area contributed by atoms with Gasteiger partial charge in [0, 0.05) is 17.6 Å². The van der Waals surface area contributed by atoms with Crippen LogP contribution in [0.25, 0.3) is 10.9 Å². The zero-order valence-corrected chi connectivity index (χ0v) is 12.7. The minimum atomic E-state index is 0.251. The summed E-state index contributed by atoms with van der Waals surface area (Å²) in [5.41, 5.74) is 8.90. The van der Waals surface area contributed by atoms with E-state index in [1.165, 1.54) is 36.6 Å². The van der Waals surface area contributed by atoms with Crippen molar-refractivity contribution < 1.29 is 0 Å². The van der Waals surface area contributed by atoms with E-state index in [4.69, 9.17) is 5.73 Å². The van der Waals surface area contributed by atoms with Gasteiger partial charge < -0.3 is 5.73 Å². The number of hydrogen-bond donors (Lipinski definition) is 1. The Morgan fingerprint density at radius 1 is 1.05 bits per heavy atom. The van der Waals surface area contributed by atoms with Gasteiger partial charge in [0.05, 0.1) is 5.52 Å². The monoisotopic (exact) mass is 270 g/mol. The summed E-state index contributed by atoms with van der Waals surface area (Å²) in [4.78, 5) is 4.43. The highest BCUT2D eigenvalue weighted by molar-refractivity contribution is 5.81. The van der Waals surface area contributed by atoms with Gasteiger partial charge in [-0.15, -0.1) is 0 Å². The summed E-state index contributed by atoms with van der Waals surface area (Å²) >= 11 is 0. The number of hydrogen-bond acceptors (Lipinski definition) is 2. The number of nitrogens with zero attached hydrogens (tertiary/aromatic N) is 1. The topological polar surface area (TPSA) is 38.9 Å². The van der Waals surface area contributed by atoms with Gasteiger partial charge >= 0.3 is 0 Å². The molecule has 0 aliphatic heterocycles. The van der Waals surface area contributed by atoms with Crippen LogP contribution in [0.1, 0.15) is 45.1 Å². The summed E-state index contributed by atoms with van der Waals surface area (Å²) in [6.45, 7) is 4.49. The van der Waals surface area contributed by atoms with E-state index < -0.39 is 0 Å². The van der Waals surface area contributed by atoms with E-state index in [0.717, 1.165) is 11.9 Å². The number of fused-ring (bicyclic) bond motifs is 1. The minimum absolute atomic E-state index is 0.251.